The van der Waals surface area contributed by atoms with Crippen molar-refractivity contribution in [3.63, 3.8) is 0 Å². The van der Waals surface area contributed by atoms with Crippen LogP contribution in [0.15, 0.2) is 12.1 Å². The van der Waals surface area contributed by atoms with E-state index >= 15 is 0 Å². The molecule has 1 fully saturated rings. The van der Waals surface area contributed by atoms with Crippen molar-refractivity contribution in [2.24, 2.45) is 5.73 Å². The lowest BCUT2D eigenvalue weighted by molar-refractivity contribution is -0.141. The van der Waals surface area contributed by atoms with Gasteiger partial charge in [-0.2, -0.15) is 13.2 Å². The number of carbonyl (C=O) groups is 3. The SMILES string of the molecule is CC(=O)N1CCN(C(=O)c2ccc(C(F)(F)F)nc2C)CC1C(N)=O. The first-order valence-corrected chi connectivity index (χ1v) is 7.43. The number of pyridine rings is 1. The highest BCUT2D eigenvalue weighted by Crippen LogP contribution is 2.28. The van der Waals surface area contributed by atoms with E-state index in [1.165, 1.54) is 23.6 Å². The molecule has 0 aliphatic carbocycles. The van der Waals surface area contributed by atoms with Crippen LogP contribution in [0.5, 0.6) is 0 Å². The summed E-state index contributed by atoms with van der Waals surface area (Å²) in [5.41, 5.74) is 4.14. The minimum absolute atomic E-state index is 0.00694. The maximum absolute atomic E-state index is 12.7. The first kappa shape index (κ1) is 18.7. The fourth-order valence-electron chi connectivity index (χ4n) is 2.70. The molecule has 7 nitrogen and oxygen atoms in total. The van der Waals surface area contributed by atoms with Gasteiger partial charge in [-0.3, -0.25) is 14.4 Å². The molecule has 2 heterocycles. The van der Waals surface area contributed by atoms with Crippen molar-refractivity contribution in [3.8, 4) is 0 Å². The minimum Gasteiger partial charge on any atom is -0.368 e. The zero-order valence-corrected chi connectivity index (χ0v) is 13.6. The van der Waals surface area contributed by atoms with E-state index in [4.69, 9.17) is 5.73 Å². The highest BCUT2D eigenvalue weighted by Gasteiger charge is 2.36. The van der Waals surface area contributed by atoms with E-state index in [-0.39, 0.29) is 36.8 Å². The van der Waals surface area contributed by atoms with Crippen LogP contribution in [0.25, 0.3) is 0 Å². The molecule has 1 saturated heterocycles. The Morgan fingerprint density at radius 1 is 1.24 bits per heavy atom. The molecule has 0 saturated carbocycles. The molecule has 0 spiro atoms. The summed E-state index contributed by atoms with van der Waals surface area (Å²) in [4.78, 5) is 41.6. The lowest BCUT2D eigenvalue weighted by Gasteiger charge is -2.39. The third-order valence-corrected chi connectivity index (χ3v) is 4.01. The number of aryl methyl sites for hydroxylation is 1. The second-order valence-corrected chi connectivity index (χ2v) is 5.71. The molecule has 1 aliphatic heterocycles. The summed E-state index contributed by atoms with van der Waals surface area (Å²) < 4.78 is 38.0. The number of primary amides is 1. The summed E-state index contributed by atoms with van der Waals surface area (Å²) >= 11 is 0. The largest absolute Gasteiger partial charge is 0.433 e. The van der Waals surface area contributed by atoms with Gasteiger partial charge in [-0.15, -0.1) is 0 Å². The van der Waals surface area contributed by atoms with E-state index < -0.39 is 29.7 Å². The van der Waals surface area contributed by atoms with Crippen molar-refractivity contribution >= 4 is 17.7 Å². The number of amides is 3. The average molecular weight is 358 g/mol. The van der Waals surface area contributed by atoms with Gasteiger partial charge in [0.2, 0.25) is 11.8 Å². The number of hydrogen-bond acceptors (Lipinski definition) is 4. The number of hydrogen-bond donors (Lipinski definition) is 1. The number of rotatable bonds is 2. The van der Waals surface area contributed by atoms with Crippen LogP contribution in [0, 0.1) is 6.92 Å². The van der Waals surface area contributed by atoms with Crippen LogP contribution < -0.4 is 5.73 Å². The molecule has 136 valence electrons. The third kappa shape index (κ3) is 3.89. The van der Waals surface area contributed by atoms with E-state index in [1.54, 1.807) is 0 Å². The van der Waals surface area contributed by atoms with Crippen molar-refractivity contribution in [2.45, 2.75) is 26.1 Å². The molecule has 0 bridgehead atoms. The highest BCUT2D eigenvalue weighted by molar-refractivity contribution is 5.96. The second-order valence-electron chi connectivity index (χ2n) is 5.71. The quantitative estimate of drug-likeness (QED) is 0.836. The number of alkyl halides is 3. The van der Waals surface area contributed by atoms with Gasteiger partial charge in [0.15, 0.2) is 0 Å². The van der Waals surface area contributed by atoms with Gasteiger partial charge in [-0.1, -0.05) is 0 Å². The maximum atomic E-state index is 12.7. The molecule has 2 rings (SSSR count). The number of piperazine rings is 1. The molecule has 1 atom stereocenters. The highest BCUT2D eigenvalue weighted by atomic mass is 19.4. The van der Waals surface area contributed by atoms with Crippen molar-refractivity contribution in [3.05, 3.63) is 29.1 Å². The molecule has 1 aromatic heterocycles. The van der Waals surface area contributed by atoms with E-state index in [0.29, 0.717) is 0 Å². The maximum Gasteiger partial charge on any atom is 0.433 e. The number of aromatic nitrogens is 1. The van der Waals surface area contributed by atoms with E-state index in [1.807, 2.05) is 0 Å². The van der Waals surface area contributed by atoms with Crippen LogP contribution >= 0.6 is 0 Å². The molecule has 1 aliphatic rings. The predicted octanol–water partition coefficient (Wildman–Crippen LogP) is 0.567. The second kappa shape index (κ2) is 6.69. The van der Waals surface area contributed by atoms with Gasteiger partial charge in [0.1, 0.15) is 11.7 Å². The third-order valence-electron chi connectivity index (χ3n) is 4.01. The topological polar surface area (TPSA) is 96.6 Å². The van der Waals surface area contributed by atoms with Gasteiger partial charge in [-0.05, 0) is 19.1 Å². The standard InChI is InChI=1S/C15H17F3N4O3/c1-8-10(3-4-12(20-8)15(16,17)18)14(25)21-5-6-22(9(2)23)11(7-21)13(19)24/h3-4,11H,5-7H2,1-2H3,(H2,19,24). The zero-order valence-electron chi connectivity index (χ0n) is 13.6. The van der Waals surface area contributed by atoms with Crippen LogP contribution in [-0.4, -0.2) is 58.2 Å². The smallest absolute Gasteiger partial charge is 0.368 e. The predicted molar refractivity (Wildman–Crippen MR) is 80.2 cm³/mol. The Balaban J connectivity index is 2.24. The summed E-state index contributed by atoms with van der Waals surface area (Å²) in [5, 5.41) is 0. The number of nitrogens with zero attached hydrogens (tertiary/aromatic N) is 3. The molecule has 2 N–H and O–H groups in total. The zero-order chi connectivity index (χ0) is 18.9. The summed E-state index contributed by atoms with van der Waals surface area (Å²) in [6.07, 6.45) is -4.60. The molecule has 1 unspecified atom stereocenters. The normalized spacial score (nSPS) is 18.2. The van der Waals surface area contributed by atoms with Crippen LogP contribution in [0.4, 0.5) is 13.2 Å². The van der Waals surface area contributed by atoms with Crippen LogP contribution in [-0.2, 0) is 15.8 Å². The molecule has 10 heteroatoms. The number of carbonyl (C=O) groups excluding carboxylic acids is 3. The Bertz CT molecular complexity index is 720. The minimum atomic E-state index is -4.60. The van der Waals surface area contributed by atoms with Gasteiger partial charge >= 0.3 is 6.18 Å². The molecule has 3 amide bonds. The lowest BCUT2D eigenvalue weighted by Crippen LogP contribution is -2.60. The van der Waals surface area contributed by atoms with Crippen LogP contribution in [0.1, 0.15) is 28.7 Å². The van der Waals surface area contributed by atoms with Crippen LogP contribution in [0.2, 0.25) is 0 Å². The molecule has 1 aromatic rings. The van der Waals surface area contributed by atoms with Gasteiger partial charge in [-0.25, -0.2) is 4.98 Å². The Kier molecular flexibility index (Phi) is 5.00. The van der Waals surface area contributed by atoms with Gasteiger partial charge in [0.25, 0.3) is 5.91 Å². The van der Waals surface area contributed by atoms with E-state index in [9.17, 15) is 27.6 Å². The first-order valence-electron chi connectivity index (χ1n) is 7.43. The van der Waals surface area contributed by atoms with Gasteiger partial charge in [0, 0.05) is 20.0 Å². The van der Waals surface area contributed by atoms with E-state index in [2.05, 4.69) is 4.98 Å². The van der Waals surface area contributed by atoms with Gasteiger partial charge < -0.3 is 15.5 Å². The van der Waals surface area contributed by atoms with Crippen molar-refractivity contribution in [2.75, 3.05) is 19.6 Å². The van der Waals surface area contributed by atoms with Crippen molar-refractivity contribution in [1.29, 1.82) is 0 Å². The Hall–Kier alpha value is -2.65. The summed E-state index contributed by atoms with van der Waals surface area (Å²) in [6, 6.07) is 0.819. The van der Waals surface area contributed by atoms with E-state index in [0.717, 1.165) is 12.1 Å². The first-order chi connectivity index (χ1) is 11.5. The molecule has 0 radical (unpaired) electrons. The monoisotopic (exact) mass is 358 g/mol. The fraction of sp³-hybridized carbons (Fsp3) is 0.467. The molecule has 0 aromatic carbocycles. The number of halogens is 3. The summed E-state index contributed by atoms with van der Waals surface area (Å²) in [5.74, 6) is -1.66. The Morgan fingerprint density at radius 3 is 2.36 bits per heavy atom. The van der Waals surface area contributed by atoms with Crippen molar-refractivity contribution in [1.82, 2.24) is 14.8 Å². The fourth-order valence-corrected chi connectivity index (χ4v) is 2.70. The van der Waals surface area contributed by atoms with Gasteiger partial charge in [0.05, 0.1) is 17.8 Å². The Labute approximate surface area is 141 Å². The van der Waals surface area contributed by atoms with Crippen molar-refractivity contribution < 1.29 is 27.6 Å². The summed E-state index contributed by atoms with van der Waals surface area (Å²) in [7, 11) is 0. The number of nitrogens with two attached hydrogens (primary N) is 1. The lowest BCUT2D eigenvalue weighted by atomic mass is 10.1. The molecular weight excluding hydrogens is 341 g/mol. The van der Waals surface area contributed by atoms with Crippen LogP contribution in [0.3, 0.4) is 0 Å². The average Bonchev–Trinajstić information content (AvgIpc) is 2.52. The Morgan fingerprint density at radius 2 is 1.88 bits per heavy atom. The summed E-state index contributed by atoms with van der Waals surface area (Å²) in [6.45, 7) is 2.73. The molecule has 25 heavy (non-hydrogen) atoms. The molecular formula is C15H17F3N4O3.